The number of nitrogens with one attached hydrogen (secondary N) is 1. The van der Waals surface area contributed by atoms with E-state index in [2.05, 4.69) is 46.0 Å². The summed E-state index contributed by atoms with van der Waals surface area (Å²) in [5, 5.41) is 7.65. The third kappa shape index (κ3) is 3.23. The molecule has 0 radical (unpaired) electrons. The van der Waals surface area contributed by atoms with Crippen LogP contribution in [0.3, 0.4) is 0 Å². The van der Waals surface area contributed by atoms with Crippen molar-refractivity contribution in [1.82, 2.24) is 9.97 Å². The molecule has 0 spiro atoms. The van der Waals surface area contributed by atoms with Gasteiger partial charge in [-0.05, 0) is 42.7 Å². The van der Waals surface area contributed by atoms with E-state index in [1.54, 1.807) is 11.3 Å². The molecule has 2 aromatic heterocycles. The number of anilines is 2. The number of aryl methyl sites for hydroxylation is 1. The molecule has 1 atom stereocenters. The maximum Gasteiger partial charge on any atom is 0.135 e. The third-order valence-corrected chi connectivity index (χ3v) is 3.80. The summed E-state index contributed by atoms with van der Waals surface area (Å²) in [6, 6.07) is 2.34. The topological polar surface area (TPSA) is 63.8 Å². The molecule has 0 saturated heterocycles. The van der Waals surface area contributed by atoms with Crippen LogP contribution < -0.4 is 11.1 Å². The predicted octanol–water partition coefficient (Wildman–Crippen LogP) is 3.55. The fourth-order valence-electron chi connectivity index (χ4n) is 1.87. The van der Waals surface area contributed by atoms with Gasteiger partial charge in [-0.3, -0.25) is 0 Å². The molecule has 2 rings (SSSR count). The molecule has 0 fully saturated rings. The van der Waals surface area contributed by atoms with Crippen LogP contribution in [0.1, 0.15) is 43.3 Å². The van der Waals surface area contributed by atoms with Gasteiger partial charge in [-0.2, -0.15) is 11.3 Å². The largest absolute Gasteiger partial charge is 0.383 e. The van der Waals surface area contributed by atoms with Gasteiger partial charge in [0.15, 0.2) is 0 Å². The zero-order chi connectivity index (χ0) is 13.8. The Balaban J connectivity index is 2.23. The first-order chi connectivity index (χ1) is 9.11. The van der Waals surface area contributed by atoms with Crippen molar-refractivity contribution in [2.24, 2.45) is 0 Å². The maximum atomic E-state index is 5.96. The van der Waals surface area contributed by atoms with Gasteiger partial charge in [0.2, 0.25) is 0 Å². The smallest absolute Gasteiger partial charge is 0.135 e. The molecular weight excluding hydrogens is 256 g/mol. The molecule has 0 aliphatic heterocycles. The number of rotatable bonds is 5. The fourth-order valence-corrected chi connectivity index (χ4v) is 2.62. The van der Waals surface area contributed by atoms with Gasteiger partial charge in [-0.25, -0.2) is 9.97 Å². The number of nitrogens with zero attached hydrogens (tertiary/aromatic N) is 2. The average Bonchev–Trinajstić information content (AvgIpc) is 2.89. The van der Waals surface area contributed by atoms with Gasteiger partial charge in [0.1, 0.15) is 17.5 Å². The zero-order valence-corrected chi connectivity index (χ0v) is 12.4. The molecule has 0 aromatic carbocycles. The minimum Gasteiger partial charge on any atom is -0.383 e. The molecule has 0 saturated carbocycles. The highest BCUT2D eigenvalue weighted by molar-refractivity contribution is 7.07. The van der Waals surface area contributed by atoms with Crippen LogP contribution in [-0.2, 0) is 6.42 Å². The second kappa shape index (κ2) is 6.02. The van der Waals surface area contributed by atoms with E-state index in [4.69, 9.17) is 5.73 Å². The minimum absolute atomic E-state index is 0.216. The Hall–Kier alpha value is -1.62. The highest BCUT2D eigenvalue weighted by Gasteiger charge is 2.12. The molecule has 5 heteroatoms. The second-order valence-corrected chi connectivity index (χ2v) is 5.45. The van der Waals surface area contributed by atoms with Crippen LogP contribution in [0.25, 0.3) is 0 Å². The van der Waals surface area contributed by atoms with Gasteiger partial charge in [0, 0.05) is 12.0 Å². The van der Waals surface area contributed by atoms with Crippen LogP contribution in [0, 0.1) is 6.92 Å². The Morgan fingerprint density at radius 1 is 1.42 bits per heavy atom. The lowest BCUT2D eigenvalue weighted by atomic mass is 10.1. The van der Waals surface area contributed by atoms with Crippen molar-refractivity contribution in [1.29, 1.82) is 0 Å². The van der Waals surface area contributed by atoms with E-state index in [9.17, 15) is 0 Å². The Bertz CT molecular complexity index is 537. The summed E-state index contributed by atoms with van der Waals surface area (Å²) >= 11 is 1.70. The van der Waals surface area contributed by atoms with Crippen LogP contribution in [-0.4, -0.2) is 9.97 Å². The highest BCUT2D eigenvalue weighted by Crippen LogP contribution is 2.24. The van der Waals surface area contributed by atoms with Crippen molar-refractivity contribution in [3.63, 3.8) is 0 Å². The normalized spacial score (nSPS) is 12.4. The predicted molar refractivity (Wildman–Crippen MR) is 81.5 cm³/mol. The number of hydrogen-bond acceptors (Lipinski definition) is 5. The molecule has 2 heterocycles. The van der Waals surface area contributed by atoms with Crippen LogP contribution >= 0.6 is 11.3 Å². The van der Waals surface area contributed by atoms with Crippen molar-refractivity contribution in [3.05, 3.63) is 33.8 Å². The molecule has 4 nitrogen and oxygen atoms in total. The minimum atomic E-state index is 0.216. The average molecular weight is 276 g/mol. The van der Waals surface area contributed by atoms with Crippen molar-refractivity contribution in [3.8, 4) is 0 Å². The molecule has 19 heavy (non-hydrogen) atoms. The Morgan fingerprint density at radius 3 is 2.84 bits per heavy atom. The number of thiophene rings is 1. The van der Waals surface area contributed by atoms with Crippen molar-refractivity contribution < 1.29 is 0 Å². The number of hydrogen-bond donors (Lipinski definition) is 2. The summed E-state index contributed by atoms with van der Waals surface area (Å²) in [5.74, 6) is 2.22. The first kappa shape index (κ1) is 13.8. The van der Waals surface area contributed by atoms with Crippen molar-refractivity contribution in [2.45, 2.75) is 39.7 Å². The van der Waals surface area contributed by atoms with Crippen LogP contribution in [0.2, 0.25) is 0 Å². The standard InChI is InChI=1S/C14H20N4S/c1-4-5-12-17-13(15)9(2)14(18-12)16-10(3)11-6-7-19-8-11/h6-8,10H,4-5H2,1-3H3,(H3,15,16,17,18). The van der Waals surface area contributed by atoms with Gasteiger partial charge in [0.05, 0.1) is 6.04 Å². The molecule has 0 bridgehead atoms. The van der Waals surface area contributed by atoms with Gasteiger partial charge >= 0.3 is 0 Å². The second-order valence-electron chi connectivity index (χ2n) is 4.67. The summed E-state index contributed by atoms with van der Waals surface area (Å²) in [5.41, 5.74) is 8.14. The summed E-state index contributed by atoms with van der Waals surface area (Å²) < 4.78 is 0. The number of nitrogens with two attached hydrogens (primary N) is 1. The monoisotopic (exact) mass is 276 g/mol. The lowest BCUT2D eigenvalue weighted by molar-refractivity contribution is 0.818. The Kier molecular flexibility index (Phi) is 4.37. The molecule has 0 aliphatic carbocycles. The van der Waals surface area contributed by atoms with E-state index in [0.717, 1.165) is 30.0 Å². The molecular formula is C14H20N4S. The number of nitrogen functional groups attached to an aromatic ring is 1. The van der Waals surface area contributed by atoms with Crippen LogP contribution in [0.4, 0.5) is 11.6 Å². The van der Waals surface area contributed by atoms with E-state index >= 15 is 0 Å². The third-order valence-electron chi connectivity index (χ3n) is 3.10. The molecule has 0 aliphatic rings. The zero-order valence-electron chi connectivity index (χ0n) is 11.6. The quantitative estimate of drug-likeness (QED) is 0.876. The van der Waals surface area contributed by atoms with Gasteiger partial charge < -0.3 is 11.1 Å². The Morgan fingerprint density at radius 2 is 2.21 bits per heavy atom. The van der Waals surface area contributed by atoms with Gasteiger partial charge in [-0.15, -0.1) is 0 Å². The van der Waals surface area contributed by atoms with E-state index in [1.165, 1.54) is 5.56 Å². The van der Waals surface area contributed by atoms with Crippen molar-refractivity contribution in [2.75, 3.05) is 11.1 Å². The molecule has 0 amide bonds. The van der Waals surface area contributed by atoms with Gasteiger partial charge in [0.25, 0.3) is 0 Å². The lowest BCUT2D eigenvalue weighted by Gasteiger charge is -2.16. The van der Waals surface area contributed by atoms with E-state index in [0.29, 0.717) is 5.82 Å². The van der Waals surface area contributed by atoms with Crippen molar-refractivity contribution >= 4 is 23.0 Å². The fraction of sp³-hybridized carbons (Fsp3) is 0.429. The van der Waals surface area contributed by atoms with E-state index in [1.807, 2.05) is 6.92 Å². The maximum absolute atomic E-state index is 5.96. The first-order valence-electron chi connectivity index (χ1n) is 6.53. The summed E-state index contributed by atoms with van der Waals surface area (Å²) in [4.78, 5) is 8.90. The lowest BCUT2D eigenvalue weighted by Crippen LogP contribution is -2.12. The SMILES string of the molecule is CCCc1nc(N)c(C)c(NC(C)c2ccsc2)n1. The molecule has 3 N–H and O–H groups in total. The molecule has 102 valence electrons. The summed E-state index contributed by atoms with van der Waals surface area (Å²) in [7, 11) is 0. The first-order valence-corrected chi connectivity index (χ1v) is 7.47. The summed E-state index contributed by atoms with van der Waals surface area (Å²) in [6.07, 6.45) is 1.87. The molecule has 2 aromatic rings. The molecule has 1 unspecified atom stereocenters. The van der Waals surface area contributed by atoms with Crippen LogP contribution in [0.5, 0.6) is 0 Å². The number of aromatic nitrogens is 2. The van der Waals surface area contributed by atoms with Crippen LogP contribution in [0.15, 0.2) is 16.8 Å². The Labute approximate surface area is 118 Å². The van der Waals surface area contributed by atoms with Gasteiger partial charge in [-0.1, -0.05) is 6.92 Å². The van der Waals surface area contributed by atoms with E-state index < -0.39 is 0 Å². The summed E-state index contributed by atoms with van der Waals surface area (Å²) in [6.45, 7) is 6.19. The highest BCUT2D eigenvalue weighted by atomic mass is 32.1. The van der Waals surface area contributed by atoms with E-state index in [-0.39, 0.29) is 6.04 Å².